The molecule has 0 fully saturated rings. The normalized spacial score (nSPS) is 20.2. The average molecular weight is 483 g/mol. The average Bonchev–Trinajstić information content (AvgIpc) is 2.94. The molecule has 1 heteroatoms. The molecule has 0 aliphatic heterocycles. The smallest absolute Gasteiger partial charge is 0.135 e. The summed E-state index contributed by atoms with van der Waals surface area (Å²) in [6, 6.07) is 34.2. The van der Waals surface area contributed by atoms with E-state index in [1.807, 2.05) is 24.3 Å². The van der Waals surface area contributed by atoms with Gasteiger partial charge in [0.2, 0.25) is 0 Å². The second-order valence-electron chi connectivity index (χ2n) is 11.0. The van der Waals surface area contributed by atoms with Crippen molar-refractivity contribution in [2.75, 3.05) is 0 Å². The Balaban J connectivity index is 1.58. The van der Waals surface area contributed by atoms with Crippen LogP contribution in [0.25, 0.3) is 21.9 Å². The Bertz CT molecular complexity index is 1680. The highest BCUT2D eigenvalue weighted by atomic mass is 19.1. The molecule has 0 saturated carbocycles. The standard InChI is InChI=1S/C36H31F/c1-23-9-3-8-14-31(23)36(33-19-16-26-11-5-7-13-28(26)35(33)37)22-21-24(2)34-30-17-15-25-10-4-6-12-27(25)29(30)18-20-32(34)36/h3-14,16,18-20,24H,15,17,21-22H2,1-2H3. The molecule has 182 valence electrons. The van der Waals surface area contributed by atoms with Crippen LogP contribution in [0.15, 0.2) is 97.1 Å². The van der Waals surface area contributed by atoms with Gasteiger partial charge in [-0.2, -0.15) is 0 Å². The lowest BCUT2D eigenvalue weighted by atomic mass is 9.58. The number of fused-ring (bicyclic) bond motifs is 6. The van der Waals surface area contributed by atoms with E-state index in [0.717, 1.165) is 36.6 Å². The summed E-state index contributed by atoms with van der Waals surface area (Å²) in [5, 5.41) is 1.66. The zero-order valence-corrected chi connectivity index (χ0v) is 21.5. The minimum Gasteiger partial charge on any atom is -0.206 e. The first kappa shape index (κ1) is 22.5. The van der Waals surface area contributed by atoms with Crippen LogP contribution in [-0.4, -0.2) is 0 Å². The molecule has 2 aliphatic carbocycles. The van der Waals surface area contributed by atoms with E-state index in [1.54, 1.807) is 0 Å². The van der Waals surface area contributed by atoms with E-state index in [2.05, 4.69) is 86.6 Å². The molecule has 37 heavy (non-hydrogen) atoms. The van der Waals surface area contributed by atoms with Crippen molar-refractivity contribution in [1.29, 1.82) is 0 Å². The number of rotatable bonds is 2. The Hall–Kier alpha value is -3.71. The minimum atomic E-state index is -0.521. The van der Waals surface area contributed by atoms with Crippen LogP contribution in [-0.2, 0) is 18.3 Å². The Morgan fingerprint density at radius 3 is 2.35 bits per heavy atom. The van der Waals surface area contributed by atoms with Crippen LogP contribution in [0.5, 0.6) is 0 Å². The van der Waals surface area contributed by atoms with Crippen molar-refractivity contribution < 1.29 is 4.39 Å². The predicted octanol–water partition coefficient (Wildman–Crippen LogP) is 9.28. The molecule has 0 aromatic heterocycles. The molecule has 2 unspecified atom stereocenters. The fourth-order valence-electron chi connectivity index (χ4n) is 7.41. The van der Waals surface area contributed by atoms with Crippen molar-refractivity contribution in [2.45, 2.75) is 50.9 Å². The first-order valence-electron chi connectivity index (χ1n) is 13.6. The summed E-state index contributed by atoms with van der Waals surface area (Å²) >= 11 is 0. The Kier molecular flexibility index (Phi) is 5.11. The monoisotopic (exact) mass is 482 g/mol. The van der Waals surface area contributed by atoms with Gasteiger partial charge in [-0.15, -0.1) is 0 Å². The number of aryl methyl sites for hydroxylation is 2. The summed E-state index contributed by atoms with van der Waals surface area (Å²) in [7, 11) is 0. The Morgan fingerprint density at radius 2 is 1.46 bits per heavy atom. The van der Waals surface area contributed by atoms with Gasteiger partial charge in [0, 0.05) is 16.4 Å². The van der Waals surface area contributed by atoms with E-state index in [1.165, 1.54) is 44.5 Å². The lowest BCUT2D eigenvalue weighted by Crippen LogP contribution is -2.37. The highest BCUT2D eigenvalue weighted by Gasteiger charge is 2.45. The van der Waals surface area contributed by atoms with Crippen LogP contribution in [0.1, 0.15) is 64.6 Å². The summed E-state index contributed by atoms with van der Waals surface area (Å²) in [5.74, 6) is 0.362. The van der Waals surface area contributed by atoms with Crippen LogP contribution in [0.3, 0.4) is 0 Å². The molecular weight excluding hydrogens is 451 g/mol. The van der Waals surface area contributed by atoms with Crippen molar-refractivity contribution in [1.82, 2.24) is 0 Å². The Labute approximate surface area is 218 Å². The maximum absolute atomic E-state index is 16.6. The molecular formula is C36H31F. The molecule has 5 aromatic carbocycles. The summed E-state index contributed by atoms with van der Waals surface area (Å²) in [4.78, 5) is 0. The fraction of sp³-hybridized carbons (Fsp3) is 0.222. The van der Waals surface area contributed by atoms with Crippen LogP contribution in [0, 0.1) is 12.7 Å². The van der Waals surface area contributed by atoms with Crippen molar-refractivity contribution in [3.8, 4) is 11.1 Å². The van der Waals surface area contributed by atoms with Gasteiger partial charge in [-0.1, -0.05) is 104 Å². The molecule has 0 heterocycles. The van der Waals surface area contributed by atoms with E-state index < -0.39 is 5.41 Å². The van der Waals surface area contributed by atoms with Gasteiger partial charge in [-0.05, 0) is 88.4 Å². The van der Waals surface area contributed by atoms with E-state index in [-0.39, 0.29) is 5.82 Å². The number of benzene rings is 5. The van der Waals surface area contributed by atoms with Gasteiger partial charge in [0.05, 0.1) is 0 Å². The zero-order valence-electron chi connectivity index (χ0n) is 21.5. The van der Waals surface area contributed by atoms with Crippen LogP contribution < -0.4 is 0 Å². The van der Waals surface area contributed by atoms with Gasteiger partial charge in [0.15, 0.2) is 0 Å². The highest BCUT2D eigenvalue weighted by molar-refractivity contribution is 5.85. The van der Waals surface area contributed by atoms with Crippen molar-refractivity contribution >= 4 is 10.8 Å². The maximum Gasteiger partial charge on any atom is 0.135 e. The molecule has 2 atom stereocenters. The maximum atomic E-state index is 16.6. The predicted molar refractivity (Wildman–Crippen MR) is 152 cm³/mol. The largest absolute Gasteiger partial charge is 0.206 e. The molecule has 7 rings (SSSR count). The molecule has 0 amide bonds. The lowest BCUT2D eigenvalue weighted by Gasteiger charge is -2.45. The molecule has 0 radical (unpaired) electrons. The molecule has 0 N–H and O–H groups in total. The molecule has 0 nitrogen and oxygen atoms in total. The van der Waals surface area contributed by atoms with Gasteiger partial charge in [-0.3, -0.25) is 0 Å². The minimum absolute atomic E-state index is 0.0788. The number of halogens is 1. The first-order chi connectivity index (χ1) is 18.1. The van der Waals surface area contributed by atoms with E-state index in [9.17, 15) is 0 Å². The van der Waals surface area contributed by atoms with Gasteiger partial charge in [0.25, 0.3) is 0 Å². The van der Waals surface area contributed by atoms with Crippen molar-refractivity contribution in [3.05, 3.63) is 142 Å². The SMILES string of the molecule is Cc1ccccc1C1(c2ccc3ccccc3c2F)CCC(C)c2c1ccc1c2CCc2ccccc2-1. The van der Waals surface area contributed by atoms with E-state index in [0.29, 0.717) is 11.3 Å². The van der Waals surface area contributed by atoms with Gasteiger partial charge in [0.1, 0.15) is 5.82 Å². The summed E-state index contributed by atoms with van der Waals surface area (Å²) in [5.41, 5.74) is 11.1. The fourth-order valence-corrected chi connectivity index (χ4v) is 7.41. The summed E-state index contributed by atoms with van der Waals surface area (Å²) < 4.78 is 16.6. The third kappa shape index (κ3) is 3.20. The molecule has 2 aliphatic rings. The topological polar surface area (TPSA) is 0 Å². The summed E-state index contributed by atoms with van der Waals surface area (Å²) in [6.07, 6.45) is 4.04. The van der Waals surface area contributed by atoms with Crippen LogP contribution in [0.2, 0.25) is 0 Å². The molecule has 0 spiro atoms. The van der Waals surface area contributed by atoms with Crippen molar-refractivity contribution in [3.63, 3.8) is 0 Å². The third-order valence-electron chi connectivity index (χ3n) is 9.14. The molecule has 5 aromatic rings. The van der Waals surface area contributed by atoms with Gasteiger partial charge >= 0.3 is 0 Å². The zero-order chi connectivity index (χ0) is 25.1. The highest BCUT2D eigenvalue weighted by Crippen LogP contribution is 2.55. The van der Waals surface area contributed by atoms with E-state index >= 15 is 4.39 Å². The third-order valence-corrected chi connectivity index (χ3v) is 9.14. The summed E-state index contributed by atoms with van der Waals surface area (Å²) in [6.45, 7) is 4.56. The Morgan fingerprint density at radius 1 is 0.703 bits per heavy atom. The van der Waals surface area contributed by atoms with Crippen LogP contribution >= 0.6 is 0 Å². The second-order valence-corrected chi connectivity index (χ2v) is 11.0. The molecule has 0 bridgehead atoms. The second kappa shape index (κ2) is 8.42. The van der Waals surface area contributed by atoms with Gasteiger partial charge in [-0.25, -0.2) is 4.39 Å². The van der Waals surface area contributed by atoms with Gasteiger partial charge < -0.3 is 0 Å². The number of hydrogen-bond donors (Lipinski definition) is 0. The lowest BCUT2D eigenvalue weighted by molar-refractivity contribution is 0.437. The van der Waals surface area contributed by atoms with E-state index in [4.69, 9.17) is 0 Å². The molecule has 0 saturated heterocycles. The quantitative estimate of drug-likeness (QED) is 0.235. The van der Waals surface area contributed by atoms with Crippen molar-refractivity contribution in [2.24, 2.45) is 0 Å². The van der Waals surface area contributed by atoms with Crippen LogP contribution in [0.4, 0.5) is 4.39 Å². The first-order valence-corrected chi connectivity index (χ1v) is 13.6. The number of hydrogen-bond acceptors (Lipinski definition) is 0.